The molecule has 3 aliphatic rings. The maximum absolute atomic E-state index is 14.4. The second kappa shape index (κ2) is 7.16. The summed E-state index contributed by atoms with van der Waals surface area (Å²) in [5, 5.41) is -4.28. The highest BCUT2D eigenvalue weighted by atomic mass is 32.2. The molecular weight excluding hydrogens is 448 g/mol. The molecule has 3 saturated carbocycles. The van der Waals surface area contributed by atoms with Gasteiger partial charge in [0, 0.05) is 11.5 Å². The maximum atomic E-state index is 14.4. The van der Waals surface area contributed by atoms with Crippen molar-refractivity contribution in [2.75, 3.05) is 0 Å². The molecule has 3 aliphatic carbocycles. The van der Waals surface area contributed by atoms with Crippen molar-refractivity contribution in [3.63, 3.8) is 0 Å². The smallest absolute Gasteiger partial charge is 0.429 e. The Morgan fingerprint density at radius 1 is 1.23 bits per heavy atom. The molecule has 0 aromatic carbocycles. The molecule has 8 atom stereocenters. The second-order valence-electron chi connectivity index (χ2n) is 9.15. The minimum Gasteiger partial charge on any atom is -0.455 e. The van der Waals surface area contributed by atoms with Gasteiger partial charge in [-0.2, -0.15) is 21.6 Å². The lowest BCUT2D eigenvalue weighted by molar-refractivity contribution is -0.294. The van der Waals surface area contributed by atoms with E-state index < -0.39 is 62.7 Å². The summed E-state index contributed by atoms with van der Waals surface area (Å²) in [7, 11) is -5.85. The molecule has 31 heavy (non-hydrogen) atoms. The van der Waals surface area contributed by atoms with Crippen LogP contribution in [0.2, 0.25) is 0 Å². The Balaban J connectivity index is 1.80. The minimum atomic E-state index is -5.85. The van der Waals surface area contributed by atoms with E-state index in [4.69, 9.17) is 9.29 Å². The summed E-state index contributed by atoms with van der Waals surface area (Å²) >= 11 is 0. The molecule has 0 amide bonds. The van der Waals surface area contributed by atoms with Crippen LogP contribution in [0.15, 0.2) is 12.2 Å². The van der Waals surface area contributed by atoms with Gasteiger partial charge in [-0.15, -0.1) is 0 Å². The minimum absolute atomic E-state index is 0.00846. The molecule has 8 unspecified atom stereocenters. The van der Waals surface area contributed by atoms with Crippen LogP contribution in [0.5, 0.6) is 0 Å². The van der Waals surface area contributed by atoms with Crippen molar-refractivity contribution in [2.24, 2.45) is 29.6 Å². The fraction of sp³-hybridized carbons (Fsp3) is 0.789. The molecule has 0 aromatic heterocycles. The third kappa shape index (κ3) is 3.75. The van der Waals surface area contributed by atoms with E-state index in [0.29, 0.717) is 12.8 Å². The van der Waals surface area contributed by atoms with Crippen LogP contribution in [0, 0.1) is 29.6 Å². The third-order valence-electron chi connectivity index (χ3n) is 6.94. The maximum Gasteiger partial charge on any atom is 0.429 e. The summed E-state index contributed by atoms with van der Waals surface area (Å²) < 4.78 is 95.6. The van der Waals surface area contributed by atoms with Crippen LogP contribution in [-0.4, -0.2) is 47.8 Å². The molecule has 0 spiro atoms. The summed E-state index contributed by atoms with van der Waals surface area (Å²) in [6.07, 6.45) is -7.99. The van der Waals surface area contributed by atoms with Crippen LogP contribution in [-0.2, 0) is 29.2 Å². The molecule has 0 radical (unpaired) electrons. The van der Waals surface area contributed by atoms with Crippen molar-refractivity contribution >= 4 is 22.1 Å². The van der Waals surface area contributed by atoms with Gasteiger partial charge in [0.15, 0.2) is 0 Å². The van der Waals surface area contributed by atoms with Crippen molar-refractivity contribution in [1.82, 2.24) is 0 Å². The van der Waals surface area contributed by atoms with Gasteiger partial charge < -0.3 is 9.47 Å². The highest BCUT2D eigenvalue weighted by Crippen LogP contribution is 2.70. The van der Waals surface area contributed by atoms with Crippen molar-refractivity contribution in [1.29, 1.82) is 0 Å². The van der Waals surface area contributed by atoms with Gasteiger partial charge in [0.2, 0.25) is 6.10 Å². The van der Waals surface area contributed by atoms with Gasteiger partial charge in [-0.3, -0.25) is 9.35 Å². The number of ether oxygens (including phenoxy) is 2. The largest absolute Gasteiger partial charge is 0.455 e. The first-order chi connectivity index (χ1) is 13.9. The molecule has 3 rings (SSSR count). The first kappa shape index (κ1) is 24.0. The lowest BCUT2D eigenvalue weighted by atomic mass is 9.37. The zero-order valence-electron chi connectivity index (χ0n) is 17.1. The number of carbonyl (C=O) groups is 2. The highest BCUT2D eigenvalue weighted by molar-refractivity contribution is 7.87. The Hall–Kier alpha value is -1.69. The fourth-order valence-electron chi connectivity index (χ4n) is 5.55. The lowest BCUT2D eigenvalue weighted by Gasteiger charge is -2.70. The average Bonchev–Trinajstić information content (AvgIpc) is 2.54. The molecule has 0 bridgehead atoms. The molecule has 0 aromatic rings. The quantitative estimate of drug-likeness (QED) is 0.274. The topological polar surface area (TPSA) is 107 Å². The first-order valence-corrected chi connectivity index (χ1v) is 11.2. The van der Waals surface area contributed by atoms with E-state index >= 15 is 0 Å². The molecule has 0 aliphatic heterocycles. The van der Waals surface area contributed by atoms with Gasteiger partial charge in [-0.25, -0.2) is 9.18 Å². The number of rotatable bonds is 6. The monoisotopic (exact) mass is 472 g/mol. The standard InChI is InChI=1S/C19H24F4O7S/c1-8(2)14(24)30-18-6-10-5-9(3)12(11(7-18)13(10)18)15(25)29-16(19(21,22)23)17(4,20)31(26,27)28/h9-13,16H,1,5-7H2,2-4H3,(H,26,27,28). The average molecular weight is 472 g/mol. The molecule has 0 saturated heterocycles. The molecular formula is C19H24F4O7S. The Kier molecular flexibility index (Phi) is 5.53. The van der Waals surface area contributed by atoms with E-state index in [1.54, 1.807) is 6.92 Å². The van der Waals surface area contributed by atoms with E-state index in [1.165, 1.54) is 6.92 Å². The number of hydrogen-bond donors (Lipinski definition) is 1. The second-order valence-corrected chi connectivity index (χ2v) is 10.9. The Labute approximate surface area is 176 Å². The molecule has 12 heteroatoms. The predicted octanol–water partition coefficient (Wildman–Crippen LogP) is 3.20. The molecule has 3 fully saturated rings. The Bertz CT molecular complexity index is 913. The summed E-state index contributed by atoms with van der Waals surface area (Å²) in [4.78, 5) is 24.6. The van der Waals surface area contributed by atoms with Crippen LogP contribution in [0.3, 0.4) is 0 Å². The number of alkyl halides is 4. The van der Waals surface area contributed by atoms with E-state index in [1.807, 2.05) is 0 Å². The van der Waals surface area contributed by atoms with E-state index in [0.717, 1.165) is 0 Å². The molecule has 0 heterocycles. The van der Waals surface area contributed by atoms with Crippen LogP contribution in [0.25, 0.3) is 0 Å². The fourth-order valence-corrected chi connectivity index (χ4v) is 6.00. The summed E-state index contributed by atoms with van der Waals surface area (Å²) in [6, 6.07) is 0. The van der Waals surface area contributed by atoms with Gasteiger partial charge >= 0.3 is 28.2 Å². The normalized spacial score (nSPS) is 37.2. The van der Waals surface area contributed by atoms with Crippen molar-refractivity contribution in [3.05, 3.63) is 12.2 Å². The van der Waals surface area contributed by atoms with Gasteiger partial charge in [-0.05, 0) is 50.9 Å². The van der Waals surface area contributed by atoms with Gasteiger partial charge in [0.05, 0.1) is 5.92 Å². The van der Waals surface area contributed by atoms with Crippen molar-refractivity contribution in [3.8, 4) is 0 Å². The molecule has 1 N–H and O–H groups in total. The van der Waals surface area contributed by atoms with Crippen LogP contribution < -0.4 is 0 Å². The van der Waals surface area contributed by atoms with Gasteiger partial charge in [0.1, 0.15) is 5.60 Å². The Morgan fingerprint density at radius 2 is 1.81 bits per heavy atom. The van der Waals surface area contributed by atoms with Crippen LogP contribution in [0.4, 0.5) is 17.6 Å². The summed E-state index contributed by atoms with van der Waals surface area (Å²) in [6.45, 7) is 6.64. The molecule has 176 valence electrons. The molecule has 7 nitrogen and oxygen atoms in total. The number of hydrogen-bond acceptors (Lipinski definition) is 6. The van der Waals surface area contributed by atoms with E-state index in [9.17, 15) is 35.6 Å². The SMILES string of the molecule is C=C(C)C(=O)OC12CC3CC(C)C(C(=O)OC(C(F)(F)F)C(C)(F)S(=O)(=O)O)C(C1)C32. The predicted molar refractivity (Wildman–Crippen MR) is 97.6 cm³/mol. The Morgan fingerprint density at radius 3 is 2.29 bits per heavy atom. The van der Waals surface area contributed by atoms with Crippen LogP contribution >= 0.6 is 0 Å². The highest BCUT2D eigenvalue weighted by Gasteiger charge is 2.73. The zero-order chi connectivity index (χ0) is 23.7. The van der Waals surface area contributed by atoms with Gasteiger partial charge in [0.25, 0.3) is 5.00 Å². The van der Waals surface area contributed by atoms with E-state index in [-0.39, 0.29) is 30.8 Å². The number of carbonyl (C=O) groups excluding carboxylic acids is 2. The number of halogens is 4. The van der Waals surface area contributed by atoms with E-state index in [2.05, 4.69) is 11.3 Å². The number of esters is 2. The summed E-state index contributed by atoms with van der Waals surface area (Å²) in [5.41, 5.74) is -0.599. The van der Waals surface area contributed by atoms with Crippen LogP contribution in [0.1, 0.15) is 40.0 Å². The lowest BCUT2D eigenvalue weighted by Crippen LogP contribution is -2.73. The first-order valence-electron chi connectivity index (χ1n) is 9.74. The third-order valence-corrected chi connectivity index (χ3v) is 8.16. The van der Waals surface area contributed by atoms with Gasteiger partial charge in [-0.1, -0.05) is 13.5 Å². The zero-order valence-corrected chi connectivity index (χ0v) is 17.9. The summed E-state index contributed by atoms with van der Waals surface area (Å²) in [5.74, 6) is -4.01. The van der Waals surface area contributed by atoms with Crippen molar-refractivity contribution in [2.45, 2.75) is 62.9 Å². The van der Waals surface area contributed by atoms with Crippen molar-refractivity contribution < 1.29 is 49.6 Å².